The topological polar surface area (TPSA) is 20.3 Å². The lowest BCUT2D eigenvalue weighted by Crippen LogP contribution is -2.43. The van der Waals surface area contributed by atoms with Crippen LogP contribution in [0.3, 0.4) is 0 Å². The Hall–Kier alpha value is -1.24. The van der Waals surface area contributed by atoms with Crippen LogP contribution in [-0.4, -0.2) is 35.8 Å². The predicted octanol–water partition coefficient (Wildman–Crippen LogP) is 4.74. The molecule has 0 unspecified atom stereocenters. The largest absolute Gasteiger partial charge is 0.406 e. The average Bonchev–Trinajstić information content (AvgIpc) is 2.37. The summed E-state index contributed by atoms with van der Waals surface area (Å²) in [6, 6.07) is 6.11. The van der Waals surface area contributed by atoms with Gasteiger partial charge in [0, 0.05) is 23.6 Å². The van der Waals surface area contributed by atoms with Crippen molar-refractivity contribution in [3.05, 3.63) is 30.1 Å². The van der Waals surface area contributed by atoms with Crippen molar-refractivity contribution in [1.29, 1.82) is 0 Å². The fourth-order valence-electron chi connectivity index (χ4n) is 1.99. The molecule has 0 N–H and O–H groups in total. The predicted molar refractivity (Wildman–Crippen MR) is 83.8 cm³/mol. The minimum atomic E-state index is -4.43. The minimum Gasteiger partial charge on any atom is -0.333 e. The third-order valence-electron chi connectivity index (χ3n) is 2.80. The van der Waals surface area contributed by atoms with Crippen molar-refractivity contribution in [2.24, 2.45) is 5.41 Å². The molecular weight excluding hydrogens is 330 g/mol. The summed E-state index contributed by atoms with van der Waals surface area (Å²) in [5, 5.41) is 0. The minimum absolute atomic E-state index is 0.0235. The van der Waals surface area contributed by atoms with Crippen molar-refractivity contribution in [1.82, 2.24) is 4.90 Å². The van der Waals surface area contributed by atoms with E-state index in [1.165, 1.54) is 6.07 Å². The SMILES string of the molecule is CC(C)(C)CN(CC(F)(F)F)C(=O)CCSc1ccccc1F. The molecule has 0 heterocycles. The third-order valence-corrected chi connectivity index (χ3v) is 3.85. The summed E-state index contributed by atoms with van der Waals surface area (Å²) in [6.07, 6.45) is -4.50. The molecule has 0 atom stereocenters. The highest BCUT2D eigenvalue weighted by Crippen LogP contribution is 2.24. The van der Waals surface area contributed by atoms with Crippen molar-refractivity contribution < 1.29 is 22.4 Å². The van der Waals surface area contributed by atoms with Crippen LogP contribution < -0.4 is 0 Å². The monoisotopic (exact) mass is 351 g/mol. The van der Waals surface area contributed by atoms with Crippen LogP contribution in [0.4, 0.5) is 17.6 Å². The molecule has 1 aromatic rings. The van der Waals surface area contributed by atoms with Crippen LogP contribution in [0.15, 0.2) is 29.2 Å². The zero-order valence-electron chi connectivity index (χ0n) is 13.4. The van der Waals surface area contributed by atoms with E-state index in [0.717, 1.165) is 16.7 Å². The molecule has 1 amide bonds. The quantitative estimate of drug-likeness (QED) is 0.545. The highest BCUT2D eigenvalue weighted by atomic mass is 32.2. The van der Waals surface area contributed by atoms with Gasteiger partial charge in [-0.25, -0.2) is 4.39 Å². The van der Waals surface area contributed by atoms with Crippen molar-refractivity contribution >= 4 is 17.7 Å². The van der Waals surface area contributed by atoms with Crippen LogP contribution in [0, 0.1) is 11.2 Å². The first-order valence-corrected chi connectivity index (χ1v) is 8.18. The summed E-state index contributed by atoms with van der Waals surface area (Å²) in [5.41, 5.74) is -0.431. The van der Waals surface area contributed by atoms with Crippen molar-refractivity contribution in [3.8, 4) is 0 Å². The molecule has 0 spiro atoms. The van der Waals surface area contributed by atoms with Gasteiger partial charge in [0.25, 0.3) is 0 Å². The molecule has 0 aliphatic heterocycles. The van der Waals surface area contributed by atoms with Gasteiger partial charge in [-0.15, -0.1) is 11.8 Å². The molecule has 7 heteroatoms. The smallest absolute Gasteiger partial charge is 0.333 e. The fourth-order valence-corrected chi connectivity index (χ4v) is 2.87. The average molecular weight is 351 g/mol. The van der Waals surface area contributed by atoms with E-state index in [1.807, 2.05) is 0 Å². The van der Waals surface area contributed by atoms with E-state index >= 15 is 0 Å². The van der Waals surface area contributed by atoms with Crippen molar-refractivity contribution in [2.45, 2.75) is 38.3 Å². The number of thioether (sulfide) groups is 1. The molecule has 0 aliphatic rings. The van der Waals surface area contributed by atoms with E-state index in [9.17, 15) is 22.4 Å². The van der Waals surface area contributed by atoms with Gasteiger partial charge in [0.1, 0.15) is 12.4 Å². The molecule has 0 aromatic heterocycles. The lowest BCUT2D eigenvalue weighted by Gasteiger charge is -2.30. The van der Waals surface area contributed by atoms with Crippen LogP contribution in [0.5, 0.6) is 0 Å². The number of hydrogen-bond donors (Lipinski definition) is 0. The summed E-state index contributed by atoms with van der Waals surface area (Å²) in [7, 11) is 0. The second-order valence-corrected chi connectivity index (χ2v) is 7.59. The number of halogens is 4. The Bertz CT molecular complexity index is 510. The van der Waals surface area contributed by atoms with Crippen LogP contribution in [0.1, 0.15) is 27.2 Å². The molecule has 2 nitrogen and oxygen atoms in total. The number of alkyl halides is 3. The Morgan fingerprint density at radius 1 is 1.13 bits per heavy atom. The summed E-state index contributed by atoms with van der Waals surface area (Å²) in [5.74, 6) is -0.731. The van der Waals surface area contributed by atoms with Gasteiger partial charge in [-0.3, -0.25) is 4.79 Å². The number of carbonyl (C=O) groups is 1. The van der Waals surface area contributed by atoms with E-state index in [-0.39, 0.29) is 18.7 Å². The highest BCUT2D eigenvalue weighted by molar-refractivity contribution is 7.99. The number of nitrogens with zero attached hydrogens (tertiary/aromatic N) is 1. The first-order valence-electron chi connectivity index (χ1n) is 7.20. The molecule has 1 rings (SSSR count). The summed E-state index contributed by atoms with van der Waals surface area (Å²) < 4.78 is 51.4. The van der Waals surface area contributed by atoms with Crippen LogP contribution in [0.25, 0.3) is 0 Å². The van der Waals surface area contributed by atoms with Gasteiger partial charge in [0.15, 0.2) is 0 Å². The zero-order valence-corrected chi connectivity index (χ0v) is 14.2. The zero-order chi connectivity index (χ0) is 17.7. The maximum Gasteiger partial charge on any atom is 0.406 e. The Kier molecular flexibility index (Phi) is 6.92. The summed E-state index contributed by atoms with van der Waals surface area (Å²) >= 11 is 1.12. The van der Waals surface area contributed by atoms with Gasteiger partial charge in [-0.2, -0.15) is 13.2 Å². The Morgan fingerprint density at radius 3 is 2.26 bits per heavy atom. The second-order valence-electron chi connectivity index (χ2n) is 6.45. The number of benzene rings is 1. The molecule has 0 saturated carbocycles. The molecule has 0 saturated heterocycles. The molecule has 0 aliphatic carbocycles. The lowest BCUT2D eigenvalue weighted by atomic mass is 9.96. The van der Waals surface area contributed by atoms with Gasteiger partial charge in [0.2, 0.25) is 5.91 Å². The third kappa shape index (κ3) is 8.25. The summed E-state index contributed by atoms with van der Waals surface area (Å²) in [6.45, 7) is 4.09. The lowest BCUT2D eigenvalue weighted by molar-refractivity contribution is -0.163. The van der Waals surface area contributed by atoms with Crippen LogP contribution >= 0.6 is 11.8 Å². The first kappa shape index (κ1) is 19.8. The molecular formula is C16H21F4NOS. The number of carbonyl (C=O) groups excluding carboxylic acids is 1. The maximum atomic E-state index is 13.5. The molecule has 130 valence electrons. The van der Waals surface area contributed by atoms with Crippen LogP contribution in [0.2, 0.25) is 0 Å². The maximum absolute atomic E-state index is 13.5. The van der Waals surface area contributed by atoms with E-state index in [2.05, 4.69) is 0 Å². The normalized spacial score (nSPS) is 12.3. The van der Waals surface area contributed by atoms with Gasteiger partial charge < -0.3 is 4.90 Å². The highest BCUT2D eigenvalue weighted by Gasteiger charge is 2.34. The van der Waals surface area contributed by atoms with Gasteiger partial charge in [-0.05, 0) is 17.5 Å². The van der Waals surface area contributed by atoms with Gasteiger partial charge in [-0.1, -0.05) is 32.9 Å². The molecule has 23 heavy (non-hydrogen) atoms. The summed E-state index contributed by atoms with van der Waals surface area (Å²) in [4.78, 5) is 13.3. The Balaban J connectivity index is 2.61. The van der Waals surface area contributed by atoms with Gasteiger partial charge >= 0.3 is 6.18 Å². The molecule has 0 radical (unpaired) electrons. The van der Waals surface area contributed by atoms with E-state index in [0.29, 0.717) is 4.90 Å². The molecule has 0 fully saturated rings. The van der Waals surface area contributed by atoms with Crippen LogP contribution in [-0.2, 0) is 4.79 Å². The number of amides is 1. The Labute approximate surface area is 138 Å². The van der Waals surface area contributed by atoms with Crippen molar-refractivity contribution in [2.75, 3.05) is 18.8 Å². The second kappa shape index (κ2) is 8.04. The molecule has 0 bridgehead atoms. The first-order chi connectivity index (χ1) is 10.5. The van der Waals surface area contributed by atoms with Crippen molar-refractivity contribution in [3.63, 3.8) is 0 Å². The van der Waals surface area contributed by atoms with E-state index in [4.69, 9.17) is 0 Å². The Morgan fingerprint density at radius 2 is 1.74 bits per heavy atom. The fraction of sp³-hybridized carbons (Fsp3) is 0.562. The van der Waals surface area contributed by atoms with E-state index < -0.39 is 29.9 Å². The molecule has 1 aromatic carbocycles. The number of rotatable bonds is 6. The standard InChI is InChI=1S/C16H21F4NOS/c1-15(2,3)10-21(11-16(18,19)20)14(22)8-9-23-13-7-5-4-6-12(13)17/h4-7H,8-11H2,1-3H3. The van der Waals surface area contributed by atoms with Gasteiger partial charge in [0.05, 0.1) is 0 Å². The number of hydrogen-bond acceptors (Lipinski definition) is 2. The van der Waals surface area contributed by atoms with E-state index in [1.54, 1.807) is 39.0 Å².